The molecule has 0 fully saturated rings. The number of nitrogens with zero attached hydrogens (tertiary/aromatic N) is 2. The summed E-state index contributed by atoms with van der Waals surface area (Å²) >= 11 is -1.79. The predicted octanol–water partition coefficient (Wildman–Crippen LogP) is 9.99. The first-order chi connectivity index (χ1) is 20.6. The van der Waals surface area contributed by atoms with Crippen LogP contribution in [0.2, 0.25) is 34.5 Å². The van der Waals surface area contributed by atoms with Crippen LogP contribution < -0.4 is 8.79 Å². The van der Waals surface area contributed by atoms with Gasteiger partial charge in [-0.15, -0.1) is 0 Å². The topological polar surface area (TPSA) is 25.8 Å². The fourth-order valence-electron chi connectivity index (χ4n) is 5.32. The van der Waals surface area contributed by atoms with E-state index in [0.717, 1.165) is 28.1 Å². The zero-order chi connectivity index (χ0) is 31.9. The fourth-order valence-corrected chi connectivity index (χ4v) is 12.8. The van der Waals surface area contributed by atoms with Crippen molar-refractivity contribution in [1.29, 1.82) is 0 Å². The summed E-state index contributed by atoms with van der Waals surface area (Å²) in [5, 5.41) is 2.59. The zero-order valence-corrected chi connectivity index (χ0v) is 34.6. The zero-order valence-electron chi connectivity index (χ0n) is 28.2. The molecule has 0 N–H and O–H groups in total. The molecule has 6 aromatic rings. The summed E-state index contributed by atoms with van der Waals surface area (Å²) in [6.07, 6.45) is 3.89. The van der Waals surface area contributed by atoms with Crippen LogP contribution in [0, 0.1) is 19.1 Å². The molecule has 3 heterocycles. The number of rotatable bonds is 5. The van der Waals surface area contributed by atoms with Crippen molar-refractivity contribution in [3.63, 3.8) is 0 Å². The Morgan fingerprint density at radius 2 is 1.57 bits per heavy atom. The van der Waals surface area contributed by atoms with Crippen LogP contribution in [0.15, 0.2) is 85.2 Å². The third-order valence-corrected chi connectivity index (χ3v) is 17.8. The van der Waals surface area contributed by atoms with Crippen LogP contribution in [-0.2, 0) is 20.1 Å². The molecule has 0 spiro atoms. The molecule has 3 aromatic heterocycles. The van der Waals surface area contributed by atoms with Crippen LogP contribution in [0.25, 0.3) is 42.7 Å². The Hall–Kier alpha value is -2.08. The van der Waals surface area contributed by atoms with Gasteiger partial charge in [0, 0.05) is 20.1 Å². The molecule has 0 saturated heterocycles. The van der Waals surface area contributed by atoms with Gasteiger partial charge in [-0.25, -0.2) is 0 Å². The van der Waals surface area contributed by atoms with Crippen molar-refractivity contribution >= 4 is 66.8 Å². The normalized spacial score (nSPS) is 12.3. The average molecular weight is 897 g/mol. The standard InChI is InChI=1S/C23H24GeNS.C15H18GeN.Ir/c1-15(2)16-11-12-25-21(13-16)20-8-6-7-19-18-10-9-17(24(3,4)5)14-22(18)26-23(19)20;1-12-10-15(13-8-6-5-7-9-13)17-11-14(12)16(2,3)4;/h6-7,9-15H,1-5H3;5-8,10-11H,1-4H3;/q2*-1;/i15D;;. The van der Waals surface area contributed by atoms with Gasteiger partial charge in [-0.3, -0.25) is 0 Å². The van der Waals surface area contributed by atoms with Crippen molar-refractivity contribution in [2.75, 3.05) is 0 Å². The van der Waals surface area contributed by atoms with Crippen LogP contribution in [0.4, 0.5) is 0 Å². The number of aryl methyl sites for hydroxylation is 1. The minimum atomic E-state index is -1.86. The van der Waals surface area contributed by atoms with Crippen molar-refractivity contribution in [3.05, 3.63) is 108 Å². The number of fused-ring (bicyclic) bond motifs is 3. The monoisotopic (exact) mass is 900 g/mol. The second-order valence-electron chi connectivity index (χ2n) is 13.5. The summed E-state index contributed by atoms with van der Waals surface area (Å²) in [6, 6.07) is 32.0. The molecule has 0 aliphatic carbocycles. The van der Waals surface area contributed by atoms with Crippen molar-refractivity contribution in [1.82, 2.24) is 9.97 Å². The summed E-state index contributed by atoms with van der Waals surface area (Å²) in [5.74, 6) is 13.9. The molecule has 229 valence electrons. The third kappa shape index (κ3) is 7.82. The molecule has 1 radical (unpaired) electrons. The number of hydrogen-bond donors (Lipinski definition) is 0. The Balaban J connectivity index is 0.000000222. The summed E-state index contributed by atoms with van der Waals surface area (Å²) in [4.78, 5) is 9.19. The molecule has 3 aromatic carbocycles. The van der Waals surface area contributed by atoms with E-state index in [1.54, 1.807) is 0 Å². The number of aromatic nitrogens is 2. The van der Waals surface area contributed by atoms with Gasteiger partial charge in [0.05, 0.1) is 0 Å². The minimum Gasteiger partial charge on any atom is 0 e. The van der Waals surface area contributed by atoms with Crippen molar-refractivity contribution in [3.8, 4) is 22.5 Å². The second kappa shape index (κ2) is 14.1. The van der Waals surface area contributed by atoms with E-state index in [2.05, 4.69) is 106 Å². The van der Waals surface area contributed by atoms with Crippen molar-refractivity contribution < 1.29 is 21.5 Å². The van der Waals surface area contributed by atoms with Crippen LogP contribution >= 0.6 is 11.3 Å². The van der Waals surface area contributed by atoms with E-state index < -0.39 is 32.4 Å². The maximum Gasteiger partial charge on any atom is 0 e. The summed E-state index contributed by atoms with van der Waals surface area (Å²) in [7, 11) is 0. The summed E-state index contributed by atoms with van der Waals surface area (Å²) in [6.45, 7) is 6.02. The number of benzene rings is 3. The van der Waals surface area contributed by atoms with Gasteiger partial charge in [0.25, 0.3) is 0 Å². The molecule has 6 heteroatoms. The van der Waals surface area contributed by atoms with Gasteiger partial charge in [0.2, 0.25) is 0 Å². The van der Waals surface area contributed by atoms with Crippen LogP contribution in [0.3, 0.4) is 0 Å². The number of hydrogen-bond acceptors (Lipinski definition) is 3. The van der Waals surface area contributed by atoms with Gasteiger partial charge in [-0.1, -0.05) is 0 Å². The van der Waals surface area contributed by atoms with Gasteiger partial charge < -0.3 is 0 Å². The molecule has 0 atom stereocenters. The van der Waals surface area contributed by atoms with E-state index in [9.17, 15) is 0 Å². The maximum absolute atomic E-state index is 8.33. The van der Waals surface area contributed by atoms with E-state index in [4.69, 9.17) is 1.37 Å². The summed E-state index contributed by atoms with van der Waals surface area (Å²) in [5.41, 5.74) is 6.39. The van der Waals surface area contributed by atoms with Gasteiger partial charge in [-0.05, 0) is 0 Å². The smallest absolute Gasteiger partial charge is 0 e. The Morgan fingerprint density at radius 3 is 2.20 bits per heavy atom. The van der Waals surface area contributed by atoms with Gasteiger partial charge in [0.1, 0.15) is 0 Å². The maximum atomic E-state index is 8.33. The third-order valence-electron chi connectivity index (χ3n) is 7.80. The van der Waals surface area contributed by atoms with E-state index in [0.29, 0.717) is 0 Å². The van der Waals surface area contributed by atoms with Gasteiger partial charge in [0.15, 0.2) is 0 Å². The molecular formula is C38H42Ge2IrN2S-2. The number of thiophene rings is 1. The number of pyridine rings is 2. The largest absolute Gasteiger partial charge is 0 e. The molecular weight excluding hydrogens is 854 g/mol. The Bertz CT molecular complexity index is 1930. The van der Waals surface area contributed by atoms with Crippen LogP contribution in [-0.4, -0.2) is 36.5 Å². The second-order valence-corrected chi connectivity index (χ2v) is 35.8. The molecule has 0 aliphatic rings. The average Bonchev–Trinajstić information content (AvgIpc) is 3.35. The fraction of sp³-hybridized carbons (Fsp3) is 0.263. The Kier molecular flexibility index (Phi) is 10.7. The van der Waals surface area contributed by atoms with E-state index in [-0.39, 0.29) is 20.1 Å². The van der Waals surface area contributed by atoms with E-state index in [1.807, 2.05) is 67.8 Å². The molecule has 2 nitrogen and oxygen atoms in total. The SMILES string of the molecule is Cc1cc(-c2[c-]cccc2)nc[c]1[Ge]([CH3])([CH3])[CH3].[2H]C(C)(C)c1ccnc(-c2[c-]ccc3c2sc2c[c]([Ge]([CH3])([CH3])[CH3])ccc23)c1.[Ir]. The molecule has 0 unspecified atom stereocenters. The van der Waals surface area contributed by atoms with Crippen molar-refractivity contribution in [2.24, 2.45) is 0 Å². The molecule has 0 amide bonds. The predicted molar refractivity (Wildman–Crippen MR) is 195 cm³/mol. The van der Waals surface area contributed by atoms with E-state index >= 15 is 0 Å². The van der Waals surface area contributed by atoms with Crippen LogP contribution in [0.5, 0.6) is 0 Å². The summed E-state index contributed by atoms with van der Waals surface area (Å²) < 4.78 is 13.9. The Labute approximate surface area is 288 Å². The minimum absolute atomic E-state index is 0. The first kappa shape index (κ1) is 33.3. The van der Waals surface area contributed by atoms with Gasteiger partial charge >= 0.3 is 270 Å². The molecule has 44 heavy (non-hydrogen) atoms. The molecule has 0 bridgehead atoms. The Morgan fingerprint density at radius 1 is 0.795 bits per heavy atom. The molecule has 6 rings (SSSR count). The molecule has 0 aliphatic heterocycles. The van der Waals surface area contributed by atoms with Crippen molar-refractivity contribution in [2.45, 2.75) is 61.2 Å². The van der Waals surface area contributed by atoms with E-state index in [1.165, 1.54) is 34.5 Å². The first-order valence-corrected chi connectivity index (χ1v) is 30.4. The van der Waals surface area contributed by atoms with Gasteiger partial charge in [-0.2, -0.15) is 0 Å². The first-order valence-electron chi connectivity index (χ1n) is 15.4. The quantitative estimate of drug-likeness (QED) is 0.127. The molecule has 0 saturated carbocycles. The van der Waals surface area contributed by atoms with Crippen LogP contribution in [0.1, 0.15) is 32.2 Å².